The molecule has 1 heterocycles. The van der Waals surface area contributed by atoms with Crippen molar-refractivity contribution in [2.24, 2.45) is 11.8 Å². The van der Waals surface area contributed by atoms with Gasteiger partial charge < -0.3 is 24.6 Å². The van der Waals surface area contributed by atoms with Gasteiger partial charge in [-0.15, -0.1) is 0 Å². The van der Waals surface area contributed by atoms with E-state index in [-0.39, 0.29) is 42.4 Å². The summed E-state index contributed by atoms with van der Waals surface area (Å²) in [7, 11) is 3.39. The van der Waals surface area contributed by atoms with Crippen LogP contribution in [0, 0.1) is 11.8 Å². The highest BCUT2D eigenvalue weighted by atomic mass is 16.5. The highest BCUT2D eigenvalue weighted by molar-refractivity contribution is 5.98. The van der Waals surface area contributed by atoms with Gasteiger partial charge in [0.15, 0.2) is 0 Å². The quantitative estimate of drug-likeness (QED) is 0.683. The average molecular weight is 474 g/mol. The van der Waals surface area contributed by atoms with Crippen LogP contribution in [0.3, 0.4) is 0 Å². The fraction of sp³-hybridized carbons (Fsp3) is 0.654. The summed E-state index contributed by atoms with van der Waals surface area (Å²) in [6.07, 6.45) is 3.76. The molecule has 8 heteroatoms. The van der Waals surface area contributed by atoms with E-state index in [1.54, 1.807) is 37.3 Å². The smallest absolute Gasteiger partial charge is 0.257 e. The molecule has 188 valence electrons. The van der Waals surface area contributed by atoms with Crippen LogP contribution in [0.5, 0.6) is 5.75 Å². The maximum absolute atomic E-state index is 13.3. The second-order valence-corrected chi connectivity index (χ2v) is 9.80. The van der Waals surface area contributed by atoms with Crippen LogP contribution in [0.15, 0.2) is 18.2 Å². The Bertz CT molecular complexity index is 885. The van der Waals surface area contributed by atoms with Crippen molar-refractivity contribution in [3.05, 3.63) is 23.8 Å². The number of nitrogens with zero attached hydrogens (tertiary/aromatic N) is 2. The van der Waals surface area contributed by atoms with Gasteiger partial charge in [-0.25, -0.2) is 0 Å². The van der Waals surface area contributed by atoms with Crippen LogP contribution in [0.1, 0.15) is 63.2 Å². The molecule has 0 spiro atoms. The minimum Gasteiger partial charge on any atom is -0.491 e. The van der Waals surface area contributed by atoms with Gasteiger partial charge in [-0.3, -0.25) is 14.4 Å². The van der Waals surface area contributed by atoms with E-state index >= 15 is 0 Å². The normalized spacial score (nSPS) is 23.9. The van der Waals surface area contributed by atoms with E-state index in [0.717, 1.165) is 19.3 Å². The minimum atomic E-state index is -0.214. The zero-order valence-corrected chi connectivity index (χ0v) is 21.1. The van der Waals surface area contributed by atoms with Crippen LogP contribution in [0.2, 0.25) is 0 Å². The fourth-order valence-electron chi connectivity index (χ4n) is 4.33. The highest BCUT2D eigenvalue weighted by Crippen LogP contribution is 2.33. The number of hydrogen-bond donors (Lipinski definition) is 1. The molecular formula is C26H39N3O5. The Balaban J connectivity index is 1.91. The number of anilines is 1. The van der Waals surface area contributed by atoms with Crippen LogP contribution in [-0.4, -0.2) is 73.5 Å². The topological polar surface area (TPSA) is 88.2 Å². The lowest BCUT2D eigenvalue weighted by atomic mass is 10.0. The Hall–Kier alpha value is -2.61. The molecule has 3 amide bonds. The molecule has 0 aromatic heterocycles. The summed E-state index contributed by atoms with van der Waals surface area (Å²) in [4.78, 5) is 42.0. The lowest BCUT2D eigenvalue weighted by Crippen LogP contribution is -2.48. The summed E-state index contributed by atoms with van der Waals surface area (Å²) in [6.45, 7) is 7.16. The largest absolute Gasteiger partial charge is 0.491 e. The Morgan fingerprint density at radius 1 is 1.21 bits per heavy atom. The number of methoxy groups -OCH3 is 1. The van der Waals surface area contributed by atoms with Gasteiger partial charge >= 0.3 is 0 Å². The van der Waals surface area contributed by atoms with Gasteiger partial charge in [0.1, 0.15) is 12.4 Å². The molecule has 2 aliphatic rings. The first-order valence-corrected chi connectivity index (χ1v) is 12.4. The summed E-state index contributed by atoms with van der Waals surface area (Å²) in [5.41, 5.74) is 1.000. The molecule has 1 N–H and O–H groups in total. The Morgan fingerprint density at radius 3 is 2.59 bits per heavy atom. The lowest BCUT2D eigenvalue weighted by molar-refractivity contribution is -0.135. The van der Waals surface area contributed by atoms with E-state index in [1.807, 2.05) is 18.7 Å². The van der Waals surface area contributed by atoms with Gasteiger partial charge in [0.25, 0.3) is 5.91 Å². The number of hydrogen-bond acceptors (Lipinski definition) is 5. The number of benzene rings is 1. The lowest BCUT2D eigenvalue weighted by Gasteiger charge is -2.36. The van der Waals surface area contributed by atoms with Crippen molar-refractivity contribution in [2.75, 3.05) is 39.2 Å². The molecule has 0 saturated heterocycles. The third-order valence-electron chi connectivity index (χ3n) is 6.69. The molecule has 0 unspecified atom stereocenters. The first-order chi connectivity index (χ1) is 16.2. The summed E-state index contributed by atoms with van der Waals surface area (Å²) in [5.74, 6) is 0.819. The first kappa shape index (κ1) is 26.0. The third-order valence-corrected chi connectivity index (χ3v) is 6.69. The number of rotatable bonds is 6. The predicted octanol–water partition coefficient (Wildman–Crippen LogP) is 3.56. The maximum atomic E-state index is 13.3. The van der Waals surface area contributed by atoms with E-state index in [1.165, 1.54) is 0 Å². The molecule has 1 aliphatic carbocycles. The van der Waals surface area contributed by atoms with Gasteiger partial charge in [-0.1, -0.05) is 13.8 Å². The highest BCUT2D eigenvalue weighted by Gasteiger charge is 2.33. The van der Waals surface area contributed by atoms with Crippen LogP contribution in [-0.2, 0) is 14.3 Å². The Labute approximate surface area is 202 Å². The second kappa shape index (κ2) is 11.7. The third kappa shape index (κ3) is 6.72. The Kier molecular flexibility index (Phi) is 8.94. The van der Waals surface area contributed by atoms with Crippen molar-refractivity contribution in [1.29, 1.82) is 0 Å². The number of carbonyl (C=O) groups is 3. The van der Waals surface area contributed by atoms with E-state index in [4.69, 9.17) is 9.47 Å². The number of ether oxygens (including phenoxy) is 2. The zero-order valence-electron chi connectivity index (χ0n) is 21.1. The second-order valence-electron chi connectivity index (χ2n) is 9.80. The van der Waals surface area contributed by atoms with E-state index in [9.17, 15) is 14.4 Å². The maximum Gasteiger partial charge on any atom is 0.257 e. The number of carbonyl (C=O) groups excluding carboxylic acids is 3. The van der Waals surface area contributed by atoms with Crippen LogP contribution in [0.4, 0.5) is 5.69 Å². The molecule has 0 radical (unpaired) electrons. The van der Waals surface area contributed by atoms with E-state index < -0.39 is 0 Å². The van der Waals surface area contributed by atoms with Gasteiger partial charge in [0.2, 0.25) is 11.8 Å². The molecule has 3 rings (SSSR count). The average Bonchev–Trinajstić information content (AvgIpc) is 3.62. The van der Waals surface area contributed by atoms with E-state index in [2.05, 4.69) is 12.2 Å². The van der Waals surface area contributed by atoms with Crippen molar-refractivity contribution in [1.82, 2.24) is 9.80 Å². The van der Waals surface area contributed by atoms with Gasteiger partial charge in [0.05, 0.1) is 17.7 Å². The van der Waals surface area contributed by atoms with Crippen LogP contribution >= 0.6 is 0 Å². The Morgan fingerprint density at radius 2 is 1.94 bits per heavy atom. The van der Waals surface area contributed by atoms with Crippen molar-refractivity contribution in [2.45, 2.75) is 65.0 Å². The number of likely N-dealkylation sites (N-methyl/N-ethyl adjacent to an activating group) is 1. The standard InChI is InChI=1S/C26H39N3O5/c1-6-7-24(30)27-20-10-11-21-22(13-20)34-16-18(3)29(25(31)12-19-8-9-19)14-17(2)23(33-5)15-28(4)26(21)32/h10-11,13,17-19,23H,6-9,12,14-16H2,1-5H3,(H,27,30)/t17-,18+,23+/m0/s1. The molecule has 1 aliphatic heterocycles. The fourth-order valence-corrected chi connectivity index (χ4v) is 4.33. The SMILES string of the molecule is CCCC(=O)Nc1ccc2c(c1)OC[C@@H](C)N(C(=O)CC1CC1)C[C@H](C)[C@H](OC)CN(C)C2=O. The molecule has 3 atom stereocenters. The summed E-state index contributed by atoms with van der Waals surface area (Å²) >= 11 is 0. The van der Waals surface area contributed by atoms with E-state index in [0.29, 0.717) is 48.8 Å². The summed E-state index contributed by atoms with van der Waals surface area (Å²) in [5, 5.41) is 2.87. The van der Waals surface area contributed by atoms with Crippen molar-refractivity contribution >= 4 is 23.4 Å². The monoisotopic (exact) mass is 473 g/mol. The molecule has 1 fully saturated rings. The van der Waals surface area contributed by atoms with Crippen molar-refractivity contribution in [3.63, 3.8) is 0 Å². The molecule has 1 aromatic carbocycles. The van der Waals surface area contributed by atoms with Gasteiger partial charge in [0, 0.05) is 57.8 Å². The molecule has 1 saturated carbocycles. The molecule has 8 nitrogen and oxygen atoms in total. The van der Waals surface area contributed by atoms with Crippen molar-refractivity contribution in [3.8, 4) is 5.75 Å². The number of nitrogens with one attached hydrogen (secondary N) is 1. The molecular weight excluding hydrogens is 434 g/mol. The molecule has 1 aromatic rings. The van der Waals surface area contributed by atoms with Crippen LogP contribution < -0.4 is 10.1 Å². The van der Waals surface area contributed by atoms with Crippen molar-refractivity contribution < 1.29 is 23.9 Å². The summed E-state index contributed by atoms with van der Waals surface area (Å²) < 4.78 is 11.9. The minimum absolute atomic E-state index is 0.0425. The van der Waals surface area contributed by atoms with Crippen LogP contribution in [0.25, 0.3) is 0 Å². The summed E-state index contributed by atoms with van der Waals surface area (Å²) in [6, 6.07) is 4.93. The first-order valence-electron chi connectivity index (χ1n) is 12.4. The number of amides is 3. The molecule has 34 heavy (non-hydrogen) atoms. The zero-order chi connectivity index (χ0) is 24.8. The predicted molar refractivity (Wildman–Crippen MR) is 131 cm³/mol. The van der Waals surface area contributed by atoms with Gasteiger partial charge in [-0.2, -0.15) is 0 Å². The molecule has 0 bridgehead atoms. The number of fused-ring (bicyclic) bond motifs is 1. The van der Waals surface area contributed by atoms with Gasteiger partial charge in [-0.05, 0) is 44.2 Å².